The van der Waals surface area contributed by atoms with Gasteiger partial charge in [-0.05, 0) is 160 Å². The maximum Gasteiger partial charge on any atom is 0.164 e. The van der Waals surface area contributed by atoms with Crippen molar-refractivity contribution in [1.29, 1.82) is 0 Å². The largest absolute Gasteiger partial charge is 0.294 e. The van der Waals surface area contributed by atoms with Crippen molar-refractivity contribution in [1.82, 2.24) is 0 Å². The molecule has 4 atom stereocenters. The number of carbonyl (C=O) groups excluding carboxylic acids is 4. The van der Waals surface area contributed by atoms with Crippen LogP contribution in [0.25, 0.3) is 24.3 Å². The first-order valence-corrected chi connectivity index (χ1v) is 39.7. The molecule has 0 heterocycles. The molecule has 2 aromatic rings. The smallest absolute Gasteiger partial charge is 0.164 e. The van der Waals surface area contributed by atoms with Crippen LogP contribution in [0.3, 0.4) is 0 Å². The van der Waals surface area contributed by atoms with E-state index in [1.807, 2.05) is 24.3 Å². The molecule has 0 fully saturated rings. The van der Waals surface area contributed by atoms with Gasteiger partial charge in [0.25, 0.3) is 0 Å². The summed E-state index contributed by atoms with van der Waals surface area (Å²) in [5, 5.41) is 0. The van der Waals surface area contributed by atoms with Gasteiger partial charge in [-0.3, -0.25) is 19.2 Å². The first-order valence-electron chi connectivity index (χ1n) is 30.8. The van der Waals surface area contributed by atoms with Crippen LogP contribution >= 0.6 is 0 Å². The Labute approximate surface area is 489 Å². The summed E-state index contributed by atoms with van der Waals surface area (Å²) in [5.41, 5.74) is 28.5. The zero-order valence-electron chi connectivity index (χ0n) is 53.5. The molecule has 2 aromatic carbocycles. The summed E-state index contributed by atoms with van der Waals surface area (Å²) in [6.45, 7) is 55.3. The summed E-state index contributed by atoms with van der Waals surface area (Å²) in [6.07, 6.45) is 14.5. The van der Waals surface area contributed by atoms with Crippen LogP contribution in [-0.4, -0.2) is 55.4 Å². The minimum Gasteiger partial charge on any atom is -0.294 e. The van der Waals surface area contributed by atoms with Crippen molar-refractivity contribution in [2.45, 2.75) is 256 Å². The molecule has 4 nitrogen and oxygen atoms in total. The minimum atomic E-state index is -2.51. The molecule has 5 aliphatic rings. The minimum absolute atomic E-state index is 0.193. The fourth-order valence-corrected chi connectivity index (χ4v) is 38.4. The molecule has 0 amide bonds. The number of benzene rings is 2. The second-order valence-electron chi connectivity index (χ2n) is 28.3. The Hall–Kier alpha value is -4.81. The molecule has 7 rings (SSSR count). The third-order valence-electron chi connectivity index (χ3n) is 21.2. The highest BCUT2D eigenvalue weighted by atomic mass is 28.3. The van der Waals surface area contributed by atoms with Crippen molar-refractivity contribution in [2.24, 2.45) is 0 Å². The van der Waals surface area contributed by atoms with Crippen LogP contribution in [-0.2, 0) is 19.2 Å². The number of allylic oxidation sites excluding steroid dienone is 4. The number of carbonyl (C=O) groups is 4. The van der Waals surface area contributed by atoms with Gasteiger partial charge in [-0.1, -0.05) is 190 Å². The van der Waals surface area contributed by atoms with E-state index in [2.05, 4.69) is 212 Å². The summed E-state index contributed by atoms with van der Waals surface area (Å²) in [5.74, 6) is 10.7. The normalized spacial score (nSPS) is 19.4. The molecular weight excluding hydrogens is 1040 g/mol. The fraction of sp³-hybridized carbons (Fsp3) is 0.556. The molecule has 0 radical (unpaired) electrons. The zero-order valence-corrected chi connectivity index (χ0v) is 57.5. The van der Waals surface area contributed by atoms with Gasteiger partial charge in [0, 0.05) is 22.3 Å². The molecule has 0 saturated heterocycles. The molecule has 0 unspecified atom stereocenters. The number of rotatable bonds is 12. The van der Waals surface area contributed by atoms with Crippen LogP contribution in [0.1, 0.15) is 257 Å². The van der Waals surface area contributed by atoms with Gasteiger partial charge < -0.3 is 0 Å². The van der Waals surface area contributed by atoms with Crippen LogP contribution in [0.4, 0.5) is 0 Å². The van der Waals surface area contributed by atoms with E-state index in [1.165, 1.54) is 0 Å². The van der Waals surface area contributed by atoms with Crippen molar-refractivity contribution < 1.29 is 19.2 Å². The van der Waals surface area contributed by atoms with Crippen molar-refractivity contribution in [3.05, 3.63) is 91.1 Å². The Morgan fingerprint density at radius 2 is 0.400 bits per heavy atom. The Bertz CT molecular complexity index is 2870. The Kier molecular flexibility index (Phi) is 18.1. The molecule has 5 aliphatic carbocycles. The van der Waals surface area contributed by atoms with Crippen LogP contribution in [0.5, 0.6) is 0 Å². The molecular formula is C72H96O4Si4. The van der Waals surface area contributed by atoms with Crippen molar-refractivity contribution in [2.75, 3.05) is 0 Å². The molecule has 0 aromatic heterocycles. The summed E-state index contributed by atoms with van der Waals surface area (Å²) >= 11 is 0. The van der Waals surface area contributed by atoms with E-state index in [-0.39, 0.29) is 56.4 Å². The molecule has 0 spiro atoms. The van der Waals surface area contributed by atoms with Gasteiger partial charge in [0.2, 0.25) is 0 Å². The Morgan fingerprint density at radius 3 is 0.550 bits per heavy atom. The second kappa shape index (κ2) is 23.1. The van der Waals surface area contributed by atoms with Crippen LogP contribution in [0, 0.1) is 45.9 Å². The SMILES string of the molecule is CC(C)[Si](C#Cc1c2c3c(C#C[Si](C(C)C)(C(C)C)C(C)C)c4c1C=CC(=O)[C@@H]4[C@H]1C(=O)C=Cc4c(C#C[Si](C(C)C)(C(C)C)C(C)C)c5c(c(C#C[Si](C(C)C)(C(C)C)C(C)C)c41)[C@@H](C(=O)C=C5)[C@@H]3C(=O)C=C2)(C(C)C)C(C)C. The predicted octanol–water partition coefficient (Wildman–Crippen LogP) is 18.4. The van der Waals surface area contributed by atoms with E-state index in [0.29, 0.717) is 66.6 Å². The van der Waals surface area contributed by atoms with Crippen LogP contribution in [0.15, 0.2) is 24.3 Å². The number of fused-ring (bicyclic) bond motifs is 2. The fourth-order valence-electron chi connectivity index (χ4n) is 17.6. The first kappa shape index (κ1) is 62.8. The predicted molar refractivity (Wildman–Crippen MR) is 352 cm³/mol. The van der Waals surface area contributed by atoms with E-state index in [4.69, 9.17) is 0 Å². The number of ketones is 4. The first-order chi connectivity index (χ1) is 37.3. The number of hydrogen-bond donors (Lipinski definition) is 0. The standard InChI is InChI=1S/C72H96O4Si4/c1-41(2)77(42(3)4,43(5)6)37-33-53-55-25-29-61(73)69-65(55)59(35-39-79(47(13)14,48(15)16)49(17)18)66-56(53)26-30-62(74)70(66)72-64(76)32-28-58-54(34-38-78(44(7)8,45(9)10)46(11)12)57-27-31-63(75)71(69)67(57)60(68(58)72)36-40-80(50(19)20,51(21)22)52(23)24/h25-32,41-52,69-72H,1-24H3/t69-,70+,71-,72+. The summed E-state index contributed by atoms with van der Waals surface area (Å²) < 4.78 is 0. The average molecular weight is 1140 g/mol. The summed E-state index contributed by atoms with van der Waals surface area (Å²) in [6, 6.07) is 0. The van der Waals surface area contributed by atoms with Crippen molar-refractivity contribution >= 4 is 79.7 Å². The molecule has 424 valence electrons. The summed E-state index contributed by atoms with van der Waals surface area (Å²) in [7, 11) is -9.80. The van der Waals surface area contributed by atoms with Gasteiger partial charge in [0.05, 0.1) is 23.7 Å². The van der Waals surface area contributed by atoms with Gasteiger partial charge in [-0.15, -0.1) is 22.2 Å². The Balaban J connectivity index is 1.86. The third kappa shape index (κ3) is 9.61. The molecule has 0 saturated carbocycles. The lowest BCUT2D eigenvalue weighted by molar-refractivity contribution is -0.122. The van der Waals surface area contributed by atoms with E-state index >= 15 is 19.2 Å². The lowest BCUT2D eigenvalue weighted by atomic mass is 9.59. The van der Waals surface area contributed by atoms with Gasteiger partial charge in [0.1, 0.15) is 32.3 Å². The highest BCUT2D eigenvalue weighted by Crippen LogP contribution is 2.57. The van der Waals surface area contributed by atoms with E-state index < -0.39 is 56.0 Å². The van der Waals surface area contributed by atoms with Crippen LogP contribution < -0.4 is 0 Å². The molecule has 80 heavy (non-hydrogen) atoms. The zero-order chi connectivity index (χ0) is 59.8. The summed E-state index contributed by atoms with van der Waals surface area (Å²) in [4.78, 5) is 63.6. The number of hydrogen-bond acceptors (Lipinski definition) is 4. The van der Waals surface area contributed by atoms with Gasteiger partial charge in [-0.25, -0.2) is 0 Å². The monoisotopic (exact) mass is 1140 g/mol. The van der Waals surface area contributed by atoms with Crippen LogP contribution in [0.2, 0.25) is 66.5 Å². The molecule has 0 N–H and O–H groups in total. The van der Waals surface area contributed by atoms with E-state index in [9.17, 15) is 0 Å². The van der Waals surface area contributed by atoms with Crippen molar-refractivity contribution in [3.8, 4) is 45.9 Å². The molecule has 8 heteroatoms. The highest BCUT2D eigenvalue weighted by molar-refractivity contribution is 6.92. The second-order valence-corrected chi connectivity index (χ2v) is 50.6. The third-order valence-corrected chi connectivity index (χ3v) is 46.3. The topological polar surface area (TPSA) is 68.3 Å². The van der Waals surface area contributed by atoms with E-state index in [0.717, 1.165) is 33.4 Å². The maximum atomic E-state index is 15.9. The van der Waals surface area contributed by atoms with E-state index in [1.54, 1.807) is 24.3 Å². The Morgan fingerprint density at radius 1 is 0.250 bits per heavy atom. The average Bonchev–Trinajstić information content (AvgIpc) is 3.40. The lowest BCUT2D eigenvalue weighted by Crippen LogP contribution is -2.43. The van der Waals surface area contributed by atoms with Gasteiger partial charge in [-0.2, -0.15) is 0 Å². The quantitative estimate of drug-likeness (QED) is 0.157. The molecule has 0 aliphatic heterocycles. The lowest BCUT2D eigenvalue weighted by Gasteiger charge is -2.41. The van der Waals surface area contributed by atoms with Gasteiger partial charge in [0.15, 0.2) is 23.1 Å². The maximum absolute atomic E-state index is 15.9. The van der Waals surface area contributed by atoms with Gasteiger partial charge >= 0.3 is 0 Å². The van der Waals surface area contributed by atoms with Crippen molar-refractivity contribution in [3.63, 3.8) is 0 Å². The highest BCUT2D eigenvalue weighted by Gasteiger charge is 2.52. The molecule has 4 bridgehead atoms.